The highest BCUT2D eigenvalue weighted by molar-refractivity contribution is 5.93. The van der Waals surface area contributed by atoms with Gasteiger partial charge in [-0.25, -0.2) is 14.4 Å². The number of benzene rings is 1. The molecule has 1 amide bonds. The normalized spacial score (nSPS) is 15.8. The van der Waals surface area contributed by atoms with Crippen LogP contribution in [0.2, 0.25) is 0 Å². The maximum absolute atomic E-state index is 14.2. The highest BCUT2D eigenvalue weighted by Crippen LogP contribution is 2.31. The average molecular weight is 500 g/mol. The number of fused-ring (bicyclic) bond motifs is 2. The van der Waals surface area contributed by atoms with Gasteiger partial charge in [-0.1, -0.05) is 30.0 Å². The van der Waals surface area contributed by atoms with Crippen LogP contribution in [0.25, 0.3) is 10.9 Å². The number of imidazole rings is 1. The van der Waals surface area contributed by atoms with Crippen LogP contribution in [0.4, 0.5) is 4.39 Å². The Morgan fingerprint density at radius 1 is 1.32 bits per heavy atom. The first-order valence-corrected chi connectivity index (χ1v) is 12.3. The SMILES string of the molecule is COCC(C)(C)C#Cc1cc(C)nc(C(=O)NC(c2cc3ccccc3[nH]2)c2ncn3c2C[C@@H](F)C3)c1. The number of alkyl halides is 1. The molecule has 0 fully saturated rings. The molecule has 4 aromatic rings. The Morgan fingerprint density at radius 2 is 2.14 bits per heavy atom. The van der Waals surface area contributed by atoms with Crippen molar-refractivity contribution in [2.24, 2.45) is 5.41 Å². The molecule has 4 heterocycles. The molecule has 0 saturated heterocycles. The van der Waals surface area contributed by atoms with E-state index in [2.05, 4.69) is 32.1 Å². The second-order valence-electron chi connectivity index (χ2n) is 10.2. The van der Waals surface area contributed by atoms with Gasteiger partial charge in [-0.3, -0.25) is 4.79 Å². The van der Waals surface area contributed by atoms with Gasteiger partial charge in [0.25, 0.3) is 5.91 Å². The van der Waals surface area contributed by atoms with E-state index in [0.717, 1.165) is 22.3 Å². The molecule has 2 atom stereocenters. The maximum Gasteiger partial charge on any atom is 0.270 e. The first-order chi connectivity index (χ1) is 17.7. The first kappa shape index (κ1) is 24.7. The van der Waals surface area contributed by atoms with Gasteiger partial charge in [0.2, 0.25) is 0 Å². The molecule has 37 heavy (non-hydrogen) atoms. The maximum atomic E-state index is 14.2. The lowest BCUT2D eigenvalue weighted by atomic mass is 9.95. The van der Waals surface area contributed by atoms with E-state index in [4.69, 9.17) is 4.74 Å². The minimum Gasteiger partial charge on any atom is -0.383 e. The van der Waals surface area contributed by atoms with Crippen molar-refractivity contribution in [3.63, 3.8) is 0 Å². The third-order valence-corrected chi connectivity index (χ3v) is 6.44. The van der Waals surface area contributed by atoms with E-state index in [-0.39, 0.29) is 30.0 Å². The highest BCUT2D eigenvalue weighted by atomic mass is 19.1. The van der Waals surface area contributed by atoms with Gasteiger partial charge in [-0.2, -0.15) is 0 Å². The predicted molar refractivity (Wildman–Crippen MR) is 140 cm³/mol. The molecule has 1 aliphatic rings. The number of nitrogens with zero attached hydrogens (tertiary/aromatic N) is 3. The molecule has 0 radical (unpaired) electrons. The Bertz CT molecular complexity index is 1490. The lowest BCUT2D eigenvalue weighted by Crippen LogP contribution is -2.31. The topological polar surface area (TPSA) is 84.8 Å². The number of aromatic nitrogens is 4. The summed E-state index contributed by atoms with van der Waals surface area (Å²) in [6, 6.07) is 12.8. The minimum atomic E-state index is -0.960. The van der Waals surface area contributed by atoms with Crippen molar-refractivity contribution in [2.45, 2.75) is 46.0 Å². The third-order valence-electron chi connectivity index (χ3n) is 6.44. The van der Waals surface area contributed by atoms with Gasteiger partial charge in [-0.05, 0) is 50.4 Å². The number of pyridine rings is 1. The Balaban J connectivity index is 1.50. The largest absolute Gasteiger partial charge is 0.383 e. The number of ether oxygens (including phenoxy) is 1. The Hall–Kier alpha value is -3.96. The molecular formula is C29H30FN5O2. The second-order valence-corrected chi connectivity index (χ2v) is 10.2. The molecule has 1 aromatic carbocycles. The third kappa shape index (κ3) is 5.27. The van der Waals surface area contributed by atoms with Crippen LogP contribution in [0, 0.1) is 24.2 Å². The van der Waals surface area contributed by atoms with E-state index in [0.29, 0.717) is 23.6 Å². The van der Waals surface area contributed by atoms with Gasteiger partial charge in [0.15, 0.2) is 0 Å². The smallest absolute Gasteiger partial charge is 0.270 e. The zero-order chi connectivity index (χ0) is 26.2. The monoisotopic (exact) mass is 499 g/mol. The van der Waals surface area contributed by atoms with E-state index >= 15 is 0 Å². The number of hydrogen-bond acceptors (Lipinski definition) is 4. The molecule has 0 bridgehead atoms. The number of para-hydroxylation sites is 1. The van der Waals surface area contributed by atoms with Crippen LogP contribution in [0.15, 0.2) is 48.8 Å². The van der Waals surface area contributed by atoms with Crippen molar-refractivity contribution in [3.8, 4) is 11.8 Å². The van der Waals surface area contributed by atoms with Crippen LogP contribution in [-0.4, -0.2) is 45.3 Å². The van der Waals surface area contributed by atoms with Crippen LogP contribution in [-0.2, 0) is 17.7 Å². The second kappa shape index (κ2) is 9.83. The summed E-state index contributed by atoms with van der Waals surface area (Å²) in [5.74, 6) is 6.02. The number of methoxy groups -OCH3 is 1. The van der Waals surface area contributed by atoms with Crippen molar-refractivity contribution in [1.82, 2.24) is 24.8 Å². The molecular weight excluding hydrogens is 469 g/mol. The van der Waals surface area contributed by atoms with E-state index in [1.165, 1.54) is 0 Å². The molecule has 1 aliphatic heterocycles. The van der Waals surface area contributed by atoms with Gasteiger partial charge < -0.3 is 19.6 Å². The fourth-order valence-corrected chi connectivity index (χ4v) is 4.78. The summed E-state index contributed by atoms with van der Waals surface area (Å²) in [6.45, 7) is 6.61. The Kier molecular flexibility index (Phi) is 6.57. The number of nitrogens with one attached hydrogen (secondary N) is 2. The molecule has 0 saturated carbocycles. The van der Waals surface area contributed by atoms with Crippen LogP contribution < -0.4 is 5.32 Å². The number of H-pyrrole nitrogens is 1. The van der Waals surface area contributed by atoms with Crippen molar-refractivity contribution < 1.29 is 13.9 Å². The average Bonchev–Trinajstić information content (AvgIpc) is 3.54. The summed E-state index contributed by atoms with van der Waals surface area (Å²) in [7, 11) is 1.65. The Labute approximate surface area is 215 Å². The highest BCUT2D eigenvalue weighted by Gasteiger charge is 2.31. The van der Waals surface area contributed by atoms with Gasteiger partial charge in [0.1, 0.15) is 17.9 Å². The van der Waals surface area contributed by atoms with Crippen molar-refractivity contribution >= 4 is 16.8 Å². The quantitative estimate of drug-likeness (QED) is 0.383. The number of carbonyl (C=O) groups is 1. The van der Waals surface area contributed by atoms with E-state index in [1.807, 2.05) is 61.7 Å². The summed E-state index contributed by atoms with van der Waals surface area (Å²) >= 11 is 0. The number of amides is 1. The first-order valence-electron chi connectivity index (χ1n) is 12.3. The van der Waals surface area contributed by atoms with E-state index < -0.39 is 12.2 Å². The summed E-state index contributed by atoms with van der Waals surface area (Å²) in [6.07, 6.45) is 0.950. The molecule has 1 unspecified atom stereocenters. The molecule has 0 aliphatic carbocycles. The van der Waals surface area contributed by atoms with Gasteiger partial charge in [0.05, 0.1) is 25.2 Å². The van der Waals surface area contributed by atoms with E-state index in [9.17, 15) is 9.18 Å². The number of aryl methyl sites for hydroxylation is 1. The summed E-state index contributed by atoms with van der Waals surface area (Å²) in [4.78, 5) is 26.0. The molecule has 7 nitrogen and oxygen atoms in total. The number of hydrogen-bond donors (Lipinski definition) is 2. The van der Waals surface area contributed by atoms with Gasteiger partial charge in [-0.15, -0.1) is 0 Å². The zero-order valence-corrected chi connectivity index (χ0v) is 21.4. The summed E-state index contributed by atoms with van der Waals surface area (Å²) < 4.78 is 21.3. The van der Waals surface area contributed by atoms with Crippen LogP contribution in [0.5, 0.6) is 0 Å². The fraction of sp³-hybridized carbons (Fsp3) is 0.345. The van der Waals surface area contributed by atoms with Crippen molar-refractivity contribution in [2.75, 3.05) is 13.7 Å². The fourth-order valence-electron chi connectivity index (χ4n) is 4.78. The Morgan fingerprint density at radius 3 is 2.92 bits per heavy atom. The molecule has 190 valence electrons. The number of carbonyl (C=O) groups excluding carboxylic acids is 1. The molecule has 5 rings (SSSR count). The minimum absolute atomic E-state index is 0.259. The summed E-state index contributed by atoms with van der Waals surface area (Å²) in [5.41, 5.74) is 4.46. The van der Waals surface area contributed by atoms with Gasteiger partial charge >= 0.3 is 0 Å². The van der Waals surface area contributed by atoms with Gasteiger partial charge in [0, 0.05) is 47.1 Å². The van der Waals surface area contributed by atoms with E-state index in [1.54, 1.807) is 19.5 Å². The van der Waals surface area contributed by atoms with Crippen molar-refractivity contribution in [3.05, 3.63) is 82.8 Å². The number of rotatable bonds is 6. The lowest BCUT2D eigenvalue weighted by molar-refractivity contribution is 0.0936. The molecule has 3 aromatic heterocycles. The molecule has 0 spiro atoms. The van der Waals surface area contributed by atoms with Crippen LogP contribution in [0.1, 0.15) is 58.7 Å². The number of halogens is 1. The number of aromatic amines is 1. The predicted octanol–water partition coefficient (Wildman–Crippen LogP) is 4.51. The lowest BCUT2D eigenvalue weighted by Gasteiger charge is -2.18. The standard InChI is InChI=1S/C29H30FN5O2/c1-18-11-19(9-10-29(2,3)16-37-4)12-24(32-18)28(36)34-26(23-13-20-7-5-6-8-22(20)33-23)27-25-14-21(30)15-35(25)17-31-27/h5-8,11-13,17,21,26,33H,14-16H2,1-4H3,(H,34,36)/t21-,26?/m1/s1. The van der Waals surface area contributed by atoms with Crippen LogP contribution in [0.3, 0.4) is 0 Å². The zero-order valence-electron chi connectivity index (χ0n) is 21.4. The summed E-state index contributed by atoms with van der Waals surface area (Å²) in [5, 5.41) is 4.12. The van der Waals surface area contributed by atoms with Crippen molar-refractivity contribution in [1.29, 1.82) is 0 Å². The van der Waals surface area contributed by atoms with Crippen LogP contribution >= 0.6 is 0 Å². The molecule has 2 N–H and O–H groups in total. The molecule has 8 heteroatoms.